The number of benzene rings is 1. The Morgan fingerprint density at radius 1 is 0.929 bits per heavy atom. The maximum Gasteiger partial charge on any atom is 0.153 e. The van der Waals surface area contributed by atoms with E-state index in [4.69, 9.17) is 9.47 Å². The highest BCUT2D eigenvalue weighted by Crippen LogP contribution is 2.49. The highest BCUT2D eigenvalue weighted by molar-refractivity contribution is 6.00. The third-order valence-corrected chi connectivity index (χ3v) is 5.67. The third-order valence-electron chi connectivity index (χ3n) is 5.67. The Bertz CT molecular complexity index is 1350. The second-order valence-corrected chi connectivity index (χ2v) is 7.08. The van der Waals surface area contributed by atoms with Crippen molar-refractivity contribution < 1.29 is 9.47 Å². The second-order valence-electron chi connectivity index (χ2n) is 7.08. The van der Waals surface area contributed by atoms with Gasteiger partial charge in [0.1, 0.15) is 11.5 Å². The van der Waals surface area contributed by atoms with Gasteiger partial charge in [-0.3, -0.25) is 9.97 Å². The number of hydrogen-bond acceptors (Lipinski definition) is 4. The van der Waals surface area contributed by atoms with Gasteiger partial charge in [-0.15, -0.1) is 0 Å². The largest absolute Gasteiger partial charge is 0.455 e. The lowest BCUT2D eigenvalue weighted by Crippen LogP contribution is -2.38. The van der Waals surface area contributed by atoms with Gasteiger partial charge in [0.15, 0.2) is 11.5 Å². The van der Waals surface area contributed by atoms with Gasteiger partial charge < -0.3 is 9.47 Å². The molecule has 4 nitrogen and oxygen atoms in total. The summed E-state index contributed by atoms with van der Waals surface area (Å²) in [7, 11) is 0. The van der Waals surface area contributed by atoms with Crippen molar-refractivity contribution in [1.82, 2.24) is 9.97 Å². The van der Waals surface area contributed by atoms with E-state index in [9.17, 15) is 0 Å². The van der Waals surface area contributed by atoms with E-state index in [-0.39, 0.29) is 0 Å². The highest BCUT2D eigenvalue weighted by atomic mass is 16.5. The van der Waals surface area contributed by atoms with Crippen molar-refractivity contribution in [3.05, 3.63) is 77.2 Å². The molecule has 4 heterocycles. The topological polar surface area (TPSA) is 44.2 Å². The molecular formula is C24H16N2O2. The predicted molar refractivity (Wildman–Crippen MR) is 109 cm³/mol. The van der Waals surface area contributed by atoms with E-state index in [1.807, 2.05) is 18.3 Å². The van der Waals surface area contributed by atoms with Crippen molar-refractivity contribution in [2.24, 2.45) is 0 Å². The summed E-state index contributed by atoms with van der Waals surface area (Å²) in [4.78, 5) is 8.51. The van der Waals surface area contributed by atoms with Crippen LogP contribution in [0.1, 0.15) is 17.5 Å². The summed E-state index contributed by atoms with van der Waals surface area (Å²) >= 11 is 0. The van der Waals surface area contributed by atoms with Crippen molar-refractivity contribution in [2.45, 2.75) is 12.8 Å². The lowest BCUT2D eigenvalue weighted by Gasteiger charge is -2.32. The molecule has 6 rings (SSSR count). The molecule has 0 spiro atoms. The average molecular weight is 364 g/mol. The van der Waals surface area contributed by atoms with Crippen molar-refractivity contribution >= 4 is 18.1 Å². The maximum absolute atomic E-state index is 6.23. The van der Waals surface area contributed by atoms with Gasteiger partial charge in [-0.1, -0.05) is 13.2 Å². The molecule has 134 valence electrons. The summed E-state index contributed by atoms with van der Waals surface area (Å²) in [6, 6.07) is 4.02. The Morgan fingerprint density at radius 3 is 2.39 bits per heavy atom. The van der Waals surface area contributed by atoms with Crippen LogP contribution in [0.25, 0.3) is 40.4 Å². The number of allylic oxidation sites excluding steroid dienone is 1. The number of pyridine rings is 2. The lowest BCUT2D eigenvalue weighted by molar-refractivity contribution is 0.500. The molecule has 0 N–H and O–H groups in total. The molecular weight excluding hydrogens is 348 g/mol. The number of ether oxygens (including phenoxy) is 2. The van der Waals surface area contributed by atoms with Crippen molar-refractivity contribution in [3.63, 3.8) is 0 Å². The fraction of sp³-hybridized carbons (Fsp3) is 0.0833. The SMILES string of the molecule is C=CC1=c2c(c3c4c(c2=C)CCC=C4Oc2cnccc2-3)-c2ccncc2O1. The predicted octanol–water partition coefficient (Wildman–Crippen LogP) is 3.59. The zero-order chi connectivity index (χ0) is 18.8. The summed E-state index contributed by atoms with van der Waals surface area (Å²) in [5.74, 6) is 3.11. The zero-order valence-electron chi connectivity index (χ0n) is 15.2. The van der Waals surface area contributed by atoms with Gasteiger partial charge in [-0.25, -0.2) is 0 Å². The van der Waals surface area contributed by atoms with E-state index in [0.29, 0.717) is 0 Å². The zero-order valence-corrected chi connectivity index (χ0v) is 15.2. The summed E-state index contributed by atoms with van der Waals surface area (Å²) in [5.41, 5.74) is 6.66. The summed E-state index contributed by atoms with van der Waals surface area (Å²) in [6.07, 6.45) is 12.9. The van der Waals surface area contributed by atoms with Crippen LogP contribution in [0.5, 0.6) is 11.5 Å². The summed E-state index contributed by atoms with van der Waals surface area (Å²) < 4.78 is 12.4. The molecule has 0 saturated carbocycles. The van der Waals surface area contributed by atoms with E-state index in [1.54, 1.807) is 24.7 Å². The van der Waals surface area contributed by atoms with Crippen LogP contribution in [-0.2, 0) is 6.42 Å². The third kappa shape index (κ3) is 1.84. The molecule has 0 atom stereocenters. The molecule has 0 amide bonds. The Labute approximate surface area is 161 Å². The van der Waals surface area contributed by atoms with E-state index in [0.717, 1.165) is 74.1 Å². The molecule has 0 fully saturated rings. The Hall–Kier alpha value is -3.66. The van der Waals surface area contributed by atoms with Crippen LogP contribution >= 0.6 is 0 Å². The van der Waals surface area contributed by atoms with E-state index < -0.39 is 0 Å². The number of hydrogen-bond donors (Lipinski definition) is 0. The molecule has 1 aliphatic carbocycles. The van der Waals surface area contributed by atoms with Gasteiger partial charge in [0, 0.05) is 45.4 Å². The van der Waals surface area contributed by atoms with Crippen molar-refractivity contribution in [3.8, 4) is 33.8 Å². The van der Waals surface area contributed by atoms with Crippen LogP contribution in [0.2, 0.25) is 0 Å². The number of fused-ring (bicyclic) bond motifs is 6. The van der Waals surface area contributed by atoms with Crippen LogP contribution in [0.4, 0.5) is 0 Å². The highest BCUT2D eigenvalue weighted by Gasteiger charge is 2.33. The van der Waals surface area contributed by atoms with E-state index in [2.05, 4.69) is 29.2 Å². The van der Waals surface area contributed by atoms with Gasteiger partial charge in [0.2, 0.25) is 0 Å². The van der Waals surface area contributed by atoms with Crippen LogP contribution in [0.3, 0.4) is 0 Å². The smallest absolute Gasteiger partial charge is 0.153 e. The Balaban J connectivity index is 1.92. The van der Waals surface area contributed by atoms with E-state index >= 15 is 0 Å². The molecule has 3 aliphatic rings. The lowest BCUT2D eigenvalue weighted by atomic mass is 9.79. The fourth-order valence-corrected chi connectivity index (χ4v) is 4.52. The van der Waals surface area contributed by atoms with Gasteiger partial charge in [-0.05, 0) is 47.9 Å². The van der Waals surface area contributed by atoms with Crippen molar-refractivity contribution in [1.29, 1.82) is 0 Å². The molecule has 0 bridgehead atoms. The fourth-order valence-electron chi connectivity index (χ4n) is 4.52. The first-order chi connectivity index (χ1) is 13.8. The van der Waals surface area contributed by atoms with Crippen LogP contribution in [0, 0.1) is 0 Å². The van der Waals surface area contributed by atoms with E-state index in [1.165, 1.54) is 5.56 Å². The first kappa shape index (κ1) is 15.4. The minimum atomic E-state index is 0.720. The van der Waals surface area contributed by atoms with Crippen LogP contribution in [0.15, 0.2) is 55.7 Å². The van der Waals surface area contributed by atoms with Crippen molar-refractivity contribution in [2.75, 3.05) is 0 Å². The van der Waals surface area contributed by atoms with Crippen LogP contribution < -0.4 is 19.9 Å². The average Bonchev–Trinajstić information content (AvgIpc) is 2.75. The number of aromatic nitrogens is 2. The molecule has 0 saturated heterocycles. The minimum absolute atomic E-state index is 0.720. The molecule has 2 aliphatic heterocycles. The second kappa shape index (κ2) is 5.42. The van der Waals surface area contributed by atoms with Gasteiger partial charge in [0.05, 0.1) is 12.4 Å². The molecule has 1 aromatic carbocycles. The van der Waals surface area contributed by atoms with Gasteiger partial charge in [-0.2, -0.15) is 0 Å². The normalized spacial score (nSPS) is 15.1. The first-order valence-corrected chi connectivity index (χ1v) is 9.27. The molecule has 4 heteroatoms. The Morgan fingerprint density at radius 2 is 1.64 bits per heavy atom. The molecule has 0 unspecified atom stereocenters. The monoisotopic (exact) mass is 364 g/mol. The number of rotatable bonds is 1. The Kier molecular flexibility index (Phi) is 2.98. The molecule has 0 radical (unpaired) electrons. The van der Waals surface area contributed by atoms with Gasteiger partial charge in [0.25, 0.3) is 0 Å². The quantitative estimate of drug-likeness (QED) is 0.662. The minimum Gasteiger partial charge on any atom is -0.455 e. The molecule has 28 heavy (non-hydrogen) atoms. The molecule has 2 aromatic heterocycles. The molecule has 3 aromatic rings. The maximum atomic E-state index is 6.23. The van der Waals surface area contributed by atoms with Crippen LogP contribution in [-0.4, -0.2) is 9.97 Å². The summed E-state index contributed by atoms with van der Waals surface area (Å²) in [6.45, 7) is 8.43. The number of nitrogens with zero attached hydrogens (tertiary/aromatic N) is 2. The standard InChI is InChI=1S/C24H16N2O2/c1-3-17-21-13(2)14-5-4-6-18-22(14)24(16-8-10-26-12-20(16)28-18)23(21)15-7-9-25-11-19(15)27-17/h3,6-12H,1-2,4-5H2. The first-order valence-electron chi connectivity index (χ1n) is 9.27. The summed E-state index contributed by atoms with van der Waals surface area (Å²) in [5, 5.41) is 1.99. The van der Waals surface area contributed by atoms with Gasteiger partial charge >= 0.3 is 0 Å².